The summed E-state index contributed by atoms with van der Waals surface area (Å²) in [5, 5.41) is 17.8. The molecule has 6 heteroatoms. The molecule has 112 valence electrons. The fourth-order valence-electron chi connectivity index (χ4n) is 2.16. The van der Waals surface area contributed by atoms with Crippen molar-refractivity contribution in [2.75, 3.05) is 46.1 Å². The second kappa shape index (κ2) is 7.69. The summed E-state index contributed by atoms with van der Waals surface area (Å²) in [4.78, 5) is 1.93. The first kappa shape index (κ1) is 15.4. The average molecular weight is 302 g/mol. The number of rotatable bonds is 7. The molecule has 0 saturated carbocycles. The van der Waals surface area contributed by atoms with Crippen LogP contribution in [-0.4, -0.2) is 61.2 Å². The molecule has 1 aliphatic heterocycles. The lowest BCUT2D eigenvalue weighted by Crippen LogP contribution is -2.32. The Labute approximate surface area is 123 Å². The van der Waals surface area contributed by atoms with E-state index in [-0.39, 0.29) is 18.6 Å². The zero-order valence-electron chi connectivity index (χ0n) is 11.3. The number of alkyl halides is 1. The van der Waals surface area contributed by atoms with Gasteiger partial charge in [-0.05, 0) is 17.7 Å². The summed E-state index contributed by atoms with van der Waals surface area (Å²) in [7, 11) is 0. The van der Waals surface area contributed by atoms with Crippen molar-refractivity contribution >= 4 is 11.6 Å². The highest BCUT2D eigenvalue weighted by atomic mass is 35.5. The molecule has 0 aromatic heterocycles. The lowest BCUT2D eigenvalue weighted by molar-refractivity contribution is 0.160. The minimum absolute atomic E-state index is 0.0464. The van der Waals surface area contributed by atoms with E-state index < -0.39 is 0 Å². The first-order valence-corrected chi connectivity index (χ1v) is 7.16. The zero-order valence-corrected chi connectivity index (χ0v) is 12.1. The normalized spacial score (nSPS) is 15.4. The molecule has 0 spiro atoms. The molecule has 1 unspecified atom stereocenters. The van der Waals surface area contributed by atoms with Gasteiger partial charge in [-0.3, -0.25) is 4.90 Å². The van der Waals surface area contributed by atoms with Gasteiger partial charge in [0.05, 0.1) is 18.6 Å². The highest BCUT2D eigenvalue weighted by Gasteiger charge is 2.17. The topological polar surface area (TPSA) is 62.2 Å². The Morgan fingerprint density at radius 1 is 1.10 bits per heavy atom. The van der Waals surface area contributed by atoms with Crippen LogP contribution < -0.4 is 9.47 Å². The van der Waals surface area contributed by atoms with Crippen LogP contribution >= 0.6 is 11.6 Å². The van der Waals surface area contributed by atoms with E-state index in [1.807, 2.05) is 23.1 Å². The number of nitrogens with zero attached hydrogens (tertiary/aromatic N) is 1. The minimum atomic E-state index is -0.232. The summed E-state index contributed by atoms with van der Waals surface area (Å²) >= 11 is 6.41. The number of benzene rings is 1. The van der Waals surface area contributed by atoms with E-state index in [2.05, 4.69) is 0 Å². The summed E-state index contributed by atoms with van der Waals surface area (Å²) in [6.45, 7) is 2.75. The third kappa shape index (κ3) is 3.99. The van der Waals surface area contributed by atoms with Crippen LogP contribution in [-0.2, 0) is 0 Å². The van der Waals surface area contributed by atoms with Gasteiger partial charge in [0.1, 0.15) is 13.2 Å². The molecule has 2 rings (SSSR count). The van der Waals surface area contributed by atoms with Gasteiger partial charge in [0.15, 0.2) is 11.5 Å². The molecule has 1 heterocycles. The van der Waals surface area contributed by atoms with Gasteiger partial charge < -0.3 is 19.7 Å². The van der Waals surface area contributed by atoms with Crippen LogP contribution in [0.4, 0.5) is 0 Å². The molecule has 0 radical (unpaired) electrons. The van der Waals surface area contributed by atoms with Crippen molar-refractivity contribution in [1.82, 2.24) is 4.90 Å². The number of aliphatic hydroxyl groups excluding tert-OH is 2. The monoisotopic (exact) mass is 301 g/mol. The number of hydrogen-bond acceptors (Lipinski definition) is 5. The SMILES string of the molecule is OCCN(CCO)CC(Cl)c1ccc2c(c1)OCCO2. The summed E-state index contributed by atoms with van der Waals surface area (Å²) in [6.07, 6.45) is 0. The summed E-state index contributed by atoms with van der Waals surface area (Å²) in [5.41, 5.74) is 0.941. The minimum Gasteiger partial charge on any atom is -0.486 e. The molecule has 0 aliphatic carbocycles. The van der Waals surface area contributed by atoms with Gasteiger partial charge in [0, 0.05) is 19.6 Å². The Kier molecular flexibility index (Phi) is 5.91. The Balaban J connectivity index is 2.02. The maximum absolute atomic E-state index is 9.00. The standard InChI is InChI=1S/C14H20ClNO4/c15-12(10-16(3-5-17)4-6-18)11-1-2-13-14(9-11)20-8-7-19-13/h1-2,9,12,17-18H,3-8,10H2. The van der Waals surface area contributed by atoms with Gasteiger partial charge in [-0.25, -0.2) is 0 Å². The molecule has 2 N–H and O–H groups in total. The van der Waals surface area contributed by atoms with E-state index in [9.17, 15) is 0 Å². The number of ether oxygens (including phenoxy) is 2. The second-order valence-electron chi connectivity index (χ2n) is 4.62. The van der Waals surface area contributed by atoms with Gasteiger partial charge >= 0.3 is 0 Å². The smallest absolute Gasteiger partial charge is 0.161 e. The number of halogens is 1. The van der Waals surface area contributed by atoms with Crippen molar-refractivity contribution in [2.45, 2.75) is 5.38 Å². The highest BCUT2D eigenvalue weighted by Crippen LogP contribution is 2.34. The third-order valence-corrected chi connectivity index (χ3v) is 3.57. The Hall–Kier alpha value is -1.01. The van der Waals surface area contributed by atoms with E-state index in [1.165, 1.54) is 0 Å². The Morgan fingerprint density at radius 3 is 2.40 bits per heavy atom. The molecular weight excluding hydrogens is 282 g/mol. The lowest BCUT2D eigenvalue weighted by atomic mass is 10.1. The van der Waals surface area contributed by atoms with Crippen LogP contribution in [0.25, 0.3) is 0 Å². The Bertz CT molecular complexity index is 424. The molecule has 0 amide bonds. The molecule has 5 nitrogen and oxygen atoms in total. The number of fused-ring (bicyclic) bond motifs is 1. The van der Waals surface area contributed by atoms with Crippen LogP contribution in [0.5, 0.6) is 11.5 Å². The second-order valence-corrected chi connectivity index (χ2v) is 5.15. The van der Waals surface area contributed by atoms with Gasteiger partial charge in [-0.15, -0.1) is 11.6 Å². The zero-order chi connectivity index (χ0) is 14.4. The van der Waals surface area contributed by atoms with Crippen molar-refractivity contribution in [3.05, 3.63) is 23.8 Å². The predicted octanol–water partition coefficient (Wildman–Crippen LogP) is 1.02. The number of hydrogen-bond donors (Lipinski definition) is 2. The van der Waals surface area contributed by atoms with Crippen molar-refractivity contribution in [2.24, 2.45) is 0 Å². The summed E-state index contributed by atoms with van der Waals surface area (Å²) in [6, 6.07) is 5.67. The van der Waals surface area contributed by atoms with Crippen LogP contribution in [0.15, 0.2) is 18.2 Å². The fourth-order valence-corrected chi connectivity index (χ4v) is 2.50. The molecule has 1 aromatic rings. The third-order valence-electron chi connectivity index (χ3n) is 3.18. The predicted molar refractivity (Wildman–Crippen MR) is 76.6 cm³/mol. The average Bonchev–Trinajstić information content (AvgIpc) is 2.47. The summed E-state index contributed by atoms with van der Waals surface area (Å²) < 4.78 is 11.0. The van der Waals surface area contributed by atoms with Crippen molar-refractivity contribution in [1.29, 1.82) is 0 Å². The molecular formula is C14H20ClNO4. The van der Waals surface area contributed by atoms with Crippen LogP contribution in [0.3, 0.4) is 0 Å². The lowest BCUT2D eigenvalue weighted by Gasteiger charge is -2.24. The first-order valence-electron chi connectivity index (χ1n) is 6.72. The van der Waals surface area contributed by atoms with Crippen LogP contribution in [0.1, 0.15) is 10.9 Å². The maximum atomic E-state index is 9.00. The van der Waals surface area contributed by atoms with Crippen LogP contribution in [0.2, 0.25) is 0 Å². The van der Waals surface area contributed by atoms with E-state index in [0.29, 0.717) is 32.8 Å². The highest BCUT2D eigenvalue weighted by molar-refractivity contribution is 6.21. The van der Waals surface area contributed by atoms with Crippen molar-refractivity contribution in [3.63, 3.8) is 0 Å². The van der Waals surface area contributed by atoms with Gasteiger partial charge in [0.2, 0.25) is 0 Å². The maximum Gasteiger partial charge on any atom is 0.161 e. The summed E-state index contributed by atoms with van der Waals surface area (Å²) in [5.74, 6) is 1.46. The van der Waals surface area contributed by atoms with E-state index in [0.717, 1.165) is 17.1 Å². The van der Waals surface area contributed by atoms with Gasteiger partial charge in [0.25, 0.3) is 0 Å². The fraction of sp³-hybridized carbons (Fsp3) is 0.571. The first-order chi connectivity index (χ1) is 9.74. The van der Waals surface area contributed by atoms with Gasteiger partial charge in [-0.2, -0.15) is 0 Å². The van der Waals surface area contributed by atoms with Crippen molar-refractivity contribution < 1.29 is 19.7 Å². The molecule has 1 atom stereocenters. The largest absolute Gasteiger partial charge is 0.486 e. The van der Waals surface area contributed by atoms with E-state index >= 15 is 0 Å². The van der Waals surface area contributed by atoms with Gasteiger partial charge in [-0.1, -0.05) is 6.07 Å². The van der Waals surface area contributed by atoms with Crippen molar-refractivity contribution in [3.8, 4) is 11.5 Å². The quantitative estimate of drug-likeness (QED) is 0.737. The molecule has 0 fully saturated rings. The molecule has 1 aliphatic rings. The van der Waals surface area contributed by atoms with E-state index in [1.54, 1.807) is 0 Å². The number of aliphatic hydroxyl groups is 2. The molecule has 0 saturated heterocycles. The van der Waals surface area contributed by atoms with Crippen LogP contribution in [0, 0.1) is 0 Å². The molecule has 0 bridgehead atoms. The molecule has 1 aromatic carbocycles. The Morgan fingerprint density at radius 2 is 1.75 bits per heavy atom. The van der Waals surface area contributed by atoms with E-state index in [4.69, 9.17) is 31.3 Å². The molecule has 20 heavy (non-hydrogen) atoms.